The van der Waals surface area contributed by atoms with E-state index in [1.165, 1.54) is 20.0 Å². The van der Waals surface area contributed by atoms with Crippen LogP contribution in [0.15, 0.2) is 18.2 Å². The number of ether oxygens (including phenoxy) is 1. The second kappa shape index (κ2) is 5.91. The van der Waals surface area contributed by atoms with Crippen LogP contribution in [0, 0.1) is 17.2 Å². The molecule has 2 unspecified atom stereocenters. The first-order valence-corrected chi connectivity index (χ1v) is 7.11. The van der Waals surface area contributed by atoms with Crippen LogP contribution in [0.2, 0.25) is 0 Å². The first-order valence-electron chi connectivity index (χ1n) is 7.11. The summed E-state index contributed by atoms with van der Waals surface area (Å²) in [5, 5.41) is 0. The SMILES string of the molecule is COc1ccc(CC2(CN)CCCC(C)C2)cc1F. The molecular formula is C16H24FNO. The summed E-state index contributed by atoms with van der Waals surface area (Å²) in [5.74, 6) is 0.749. The van der Waals surface area contributed by atoms with Crippen LogP contribution in [-0.2, 0) is 6.42 Å². The summed E-state index contributed by atoms with van der Waals surface area (Å²) in [6.07, 6.45) is 5.70. The zero-order valence-corrected chi connectivity index (χ0v) is 11.9. The largest absolute Gasteiger partial charge is 0.494 e. The Labute approximate surface area is 115 Å². The zero-order valence-electron chi connectivity index (χ0n) is 11.9. The van der Waals surface area contributed by atoms with Crippen LogP contribution in [0.1, 0.15) is 38.2 Å². The Morgan fingerprint density at radius 2 is 2.26 bits per heavy atom. The van der Waals surface area contributed by atoms with Crippen molar-refractivity contribution in [2.75, 3.05) is 13.7 Å². The van der Waals surface area contributed by atoms with Crippen molar-refractivity contribution in [3.05, 3.63) is 29.6 Å². The van der Waals surface area contributed by atoms with Gasteiger partial charge in [0, 0.05) is 0 Å². The molecular weight excluding hydrogens is 241 g/mol. The third-order valence-electron chi connectivity index (χ3n) is 4.41. The Morgan fingerprint density at radius 1 is 1.47 bits per heavy atom. The predicted octanol–water partition coefficient (Wildman–Crippen LogP) is 3.53. The van der Waals surface area contributed by atoms with Gasteiger partial charge in [-0.15, -0.1) is 0 Å². The summed E-state index contributed by atoms with van der Waals surface area (Å²) >= 11 is 0. The third-order valence-corrected chi connectivity index (χ3v) is 4.41. The molecule has 2 rings (SSSR count). The average molecular weight is 265 g/mol. The standard InChI is InChI=1S/C16H24FNO/c1-12-4-3-7-16(9-12,11-18)10-13-5-6-15(19-2)14(17)8-13/h5-6,8,12H,3-4,7,9-11,18H2,1-2H3. The first kappa shape index (κ1) is 14.3. The Kier molecular flexibility index (Phi) is 4.46. The van der Waals surface area contributed by atoms with E-state index in [0.717, 1.165) is 30.7 Å². The Morgan fingerprint density at radius 3 is 2.84 bits per heavy atom. The van der Waals surface area contributed by atoms with Gasteiger partial charge in [0.2, 0.25) is 0 Å². The summed E-state index contributed by atoms with van der Waals surface area (Å²) in [4.78, 5) is 0. The van der Waals surface area contributed by atoms with E-state index < -0.39 is 0 Å². The molecule has 0 aliphatic heterocycles. The summed E-state index contributed by atoms with van der Waals surface area (Å²) < 4.78 is 18.7. The molecule has 0 amide bonds. The molecule has 3 heteroatoms. The lowest BCUT2D eigenvalue weighted by Gasteiger charge is -2.39. The molecule has 106 valence electrons. The lowest BCUT2D eigenvalue weighted by atomic mass is 9.67. The quantitative estimate of drug-likeness (QED) is 0.904. The maximum absolute atomic E-state index is 13.8. The molecule has 0 radical (unpaired) electrons. The van der Waals surface area contributed by atoms with Crippen molar-refractivity contribution in [1.82, 2.24) is 0 Å². The number of benzene rings is 1. The average Bonchev–Trinajstić information content (AvgIpc) is 2.39. The second-order valence-corrected chi connectivity index (χ2v) is 6.05. The molecule has 19 heavy (non-hydrogen) atoms. The van der Waals surface area contributed by atoms with Gasteiger partial charge < -0.3 is 10.5 Å². The number of halogens is 1. The number of nitrogens with two attached hydrogens (primary N) is 1. The van der Waals surface area contributed by atoms with Gasteiger partial charge in [0.15, 0.2) is 11.6 Å². The Hall–Kier alpha value is -1.09. The van der Waals surface area contributed by atoms with Crippen molar-refractivity contribution in [3.63, 3.8) is 0 Å². The Bertz CT molecular complexity index is 435. The smallest absolute Gasteiger partial charge is 0.165 e. The van der Waals surface area contributed by atoms with Crippen LogP contribution >= 0.6 is 0 Å². The van der Waals surface area contributed by atoms with E-state index in [4.69, 9.17) is 10.5 Å². The summed E-state index contributed by atoms with van der Waals surface area (Å²) in [7, 11) is 1.49. The van der Waals surface area contributed by atoms with Crippen LogP contribution in [0.5, 0.6) is 5.75 Å². The summed E-state index contributed by atoms with van der Waals surface area (Å²) in [5.41, 5.74) is 7.20. The van der Waals surface area contributed by atoms with Gasteiger partial charge in [-0.05, 0) is 54.8 Å². The molecule has 1 aliphatic rings. The maximum atomic E-state index is 13.8. The van der Waals surface area contributed by atoms with Crippen LogP contribution in [0.3, 0.4) is 0 Å². The molecule has 0 saturated heterocycles. The predicted molar refractivity (Wildman–Crippen MR) is 75.8 cm³/mol. The molecule has 0 spiro atoms. The fourth-order valence-electron chi connectivity index (χ4n) is 3.44. The lowest BCUT2D eigenvalue weighted by Crippen LogP contribution is -2.37. The summed E-state index contributed by atoms with van der Waals surface area (Å²) in [6, 6.07) is 5.26. The molecule has 2 nitrogen and oxygen atoms in total. The molecule has 0 bridgehead atoms. The van der Waals surface area contributed by atoms with E-state index in [9.17, 15) is 4.39 Å². The monoisotopic (exact) mass is 265 g/mol. The highest BCUT2D eigenvalue weighted by Crippen LogP contribution is 2.41. The van der Waals surface area contributed by atoms with Gasteiger partial charge in [-0.25, -0.2) is 4.39 Å². The van der Waals surface area contributed by atoms with Crippen LogP contribution in [-0.4, -0.2) is 13.7 Å². The van der Waals surface area contributed by atoms with Crippen molar-refractivity contribution in [2.24, 2.45) is 17.1 Å². The highest BCUT2D eigenvalue weighted by Gasteiger charge is 2.33. The Balaban J connectivity index is 2.16. The molecule has 1 fully saturated rings. The number of hydrogen-bond acceptors (Lipinski definition) is 2. The molecule has 0 heterocycles. The van der Waals surface area contributed by atoms with Crippen LogP contribution in [0.25, 0.3) is 0 Å². The number of methoxy groups -OCH3 is 1. The second-order valence-electron chi connectivity index (χ2n) is 6.05. The van der Waals surface area contributed by atoms with Gasteiger partial charge >= 0.3 is 0 Å². The van der Waals surface area contributed by atoms with Crippen LogP contribution in [0.4, 0.5) is 4.39 Å². The van der Waals surface area contributed by atoms with Crippen molar-refractivity contribution in [1.29, 1.82) is 0 Å². The lowest BCUT2D eigenvalue weighted by molar-refractivity contribution is 0.153. The summed E-state index contributed by atoms with van der Waals surface area (Å²) in [6.45, 7) is 2.98. The molecule has 1 aliphatic carbocycles. The van der Waals surface area contributed by atoms with Gasteiger partial charge in [-0.3, -0.25) is 0 Å². The van der Waals surface area contributed by atoms with Gasteiger partial charge in [0.05, 0.1) is 7.11 Å². The van der Waals surface area contributed by atoms with E-state index in [1.807, 2.05) is 6.07 Å². The highest BCUT2D eigenvalue weighted by atomic mass is 19.1. The van der Waals surface area contributed by atoms with Gasteiger partial charge in [-0.1, -0.05) is 25.8 Å². The molecule has 2 atom stereocenters. The van der Waals surface area contributed by atoms with Crippen molar-refractivity contribution in [2.45, 2.75) is 39.0 Å². The van der Waals surface area contributed by atoms with Crippen LogP contribution < -0.4 is 10.5 Å². The topological polar surface area (TPSA) is 35.2 Å². The van der Waals surface area contributed by atoms with Crippen molar-refractivity contribution >= 4 is 0 Å². The number of hydrogen-bond donors (Lipinski definition) is 1. The fourth-order valence-corrected chi connectivity index (χ4v) is 3.44. The zero-order chi connectivity index (χ0) is 13.9. The fraction of sp³-hybridized carbons (Fsp3) is 0.625. The van der Waals surface area contributed by atoms with E-state index in [0.29, 0.717) is 12.3 Å². The molecule has 0 aromatic heterocycles. The van der Waals surface area contributed by atoms with Gasteiger partial charge in [0.1, 0.15) is 0 Å². The molecule has 1 aromatic carbocycles. The van der Waals surface area contributed by atoms with E-state index in [-0.39, 0.29) is 11.2 Å². The minimum absolute atomic E-state index is 0.151. The first-order chi connectivity index (χ1) is 9.08. The van der Waals surface area contributed by atoms with Crippen molar-refractivity contribution in [3.8, 4) is 5.75 Å². The normalized spacial score (nSPS) is 27.3. The van der Waals surface area contributed by atoms with Crippen molar-refractivity contribution < 1.29 is 9.13 Å². The minimum atomic E-state index is -0.281. The number of rotatable bonds is 4. The van der Waals surface area contributed by atoms with E-state index >= 15 is 0 Å². The minimum Gasteiger partial charge on any atom is -0.494 e. The maximum Gasteiger partial charge on any atom is 0.165 e. The molecule has 1 saturated carbocycles. The molecule has 2 N–H and O–H groups in total. The molecule has 1 aromatic rings. The van der Waals surface area contributed by atoms with Gasteiger partial charge in [-0.2, -0.15) is 0 Å². The third kappa shape index (κ3) is 3.27. The highest BCUT2D eigenvalue weighted by molar-refractivity contribution is 5.30. The van der Waals surface area contributed by atoms with Gasteiger partial charge in [0.25, 0.3) is 0 Å². The van der Waals surface area contributed by atoms with E-state index in [1.54, 1.807) is 12.1 Å². The van der Waals surface area contributed by atoms with E-state index in [2.05, 4.69) is 6.92 Å².